The molecule has 1 rings (SSSR count). The van der Waals surface area contributed by atoms with Crippen LogP contribution >= 0.6 is 0 Å². The lowest BCUT2D eigenvalue weighted by atomic mass is 10.3. The Morgan fingerprint density at radius 2 is 2.23 bits per heavy atom. The Hall–Kier alpha value is -1.09. The average molecular weight is 180 g/mol. The predicted octanol–water partition coefficient (Wildman–Crippen LogP) is 1.21. The van der Waals surface area contributed by atoms with Crippen LogP contribution < -0.4 is 4.90 Å². The van der Waals surface area contributed by atoms with E-state index in [-0.39, 0.29) is 6.61 Å². The summed E-state index contributed by atoms with van der Waals surface area (Å²) in [6.45, 7) is 5.71. The lowest BCUT2D eigenvalue weighted by Gasteiger charge is -2.20. The van der Waals surface area contributed by atoms with Gasteiger partial charge in [0, 0.05) is 18.8 Å². The van der Waals surface area contributed by atoms with Gasteiger partial charge in [0.25, 0.3) is 0 Å². The van der Waals surface area contributed by atoms with E-state index in [1.54, 1.807) is 0 Å². The molecule has 0 aliphatic carbocycles. The molecule has 1 N–H and O–H groups in total. The van der Waals surface area contributed by atoms with Crippen LogP contribution in [-0.2, 0) is 0 Å². The van der Waals surface area contributed by atoms with Crippen molar-refractivity contribution >= 4 is 5.82 Å². The molecular formula is C10H16N2O. The first kappa shape index (κ1) is 9.99. The van der Waals surface area contributed by atoms with Gasteiger partial charge in [0.2, 0.25) is 0 Å². The second kappa shape index (κ2) is 4.82. The van der Waals surface area contributed by atoms with Crippen LogP contribution in [0.15, 0.2) is 18.2 Å². The molecule has 0 aliphatic heterocycles. The summed E-state index contributed by atoms with van der Waals surface area (Å²) in [6, 6.07) is 5.92. The normalized spacial score (nSPS) is 10.1. The van der Waals surface area contributed by atoms with Crippen molar-refractivity contribution in [2.75, 3.05) is 24.6 Å². The minimum Gasteiger partial charge on any atom is -0.395 e. The number of hydrogen-bond donors (Lipinski definition) is 1. The average Bonchev–Trinajstić information content (AvgIpc) is 2.14. The molecule has 0 amide bonds. The highest BCUT2D eigenvalue weighted by atomic mass is 16.3. The topological polar surface area (TPSA) is 36.4 Å². The molecule has 0 unspecified atom stereocenters. The molecule has 0 aliphatic rings. The molecule has 13 heavy (non-hydrogen) atoms. The first-order chi connectivity index (χ1) is 6.27. The number of aryl methyl sites for hydroxylation is 1. The van der Waals surface area contributed by atoms with E-state index in [4.69, 9.17) is 5.11 Å². The minimum absolute atomic E-state index is 0.170. The summed E-state index contributed by atoms with van der Waals surface area (Å²) in [5, 5.41) is 8.83. The molecular weight excluding hydrogens is 164 g/mol. The van der Waals surface area contributed by atoms with Gasteiger partial charge in [0.1, 0.15) is 5.82 Å². The Morgan fingerprint density at radius 3 is 2.77 bits per heavy atom. The van der Waals surface area contributed by atoms with Crippen molar-refractivity contribution < 1.29 is 5.11 Å². The fourth-order valence-corrected chi connectivity index (χ4v) is 1.26. The van der Waals surface area contributed by atoms with Gasteiger partial charge in [-0.1, -0.05) is 6.07 Å². The third kappa shape index (κ3) is 2.70. The summed E-state index contributed by atoms with van der Waals surface area (Å²) < 4.78 is 0. The lowest BCUT2D eigenvalue weighted by molar-refractivity contribution is 0.302. The molecule has 0 spiro atoms. The van der Waals surface area contributed by atoms with Gasteiger partial charge in [-0.05, 0) is 26.0 Å². The molecule has 0 radical (unpaired) electrons. The molecule has 72 valence electrons. The predicted molar refractivity (Wildman–Crippen MR) is 53.9 cm³/mol. The highest BCUT2D eigenvalue weighted by molar-refractivity contribution is 5.38. The third-order valence-corrected chi connectivity index (χ3v) is 1.95. The second-order valence-corrected chi connectivity index (χ2v) is 2.94. The van der Waals surface area contributed by atoms with Gasteiger partial charge < -0.3 is 10.0 Å². The van der Waals surface area contributed by atoms with E-state index in [1.807, 2.05) is 30.0 Å². The number of pyridine rings is 1. The van der Waals surface area contributed by atoms with Crippen molar-refractivity contribution in [2.45, 2.75) is 13.8 Å². The summed E-state index contributed by atoms with van der Waals surface area (Å²) in [4.78, 5) is 6.43. The molecule has 3 nitrogen and oxygen atoms in total. The Balaban J connectivity index is 2.78. The van der Waals surface area contributed by atoms with Gasteiger partial charge in [-0.15, -0.1) is 0 Å². The molecule has 0 atom stereocenters. The van der Waals surface area contributed by atoms with Crippen LogP contribution in [0.5, 0.6) is 0 Å². The number of anilines is 1. The molecule has 0 aromatic carbocycles. The zero-order valence-electron chi connectivity index (χ0n) is 8.20. The van der Waals surface area contributed by atoms with Crippen LogP contribution in [0.2, 0.25) is 0 Å². The number of nitrogens with zero attached hydrogens (tertiary/aromatic N) is 2. The quantitative estimate of drug-likeness (QED) is 0.756. The number of aliphatic hydroxyl groups excluding tert-OH is 1. The number of likely N-dealkylation sites (N-methyl/N-ethyl adjacent to an activating group) is 1. The van der Waals surface area contributed by atoms with E-state index in [0.29, 0.717) is 6.54 Å². The smallest absolute Gasteiger partial charge is 0.128 e. The molecule has 0 bridgehead atoms. The van der Waals surface area contributed by atoms with Crippen molar-refractivity contribution in [1.29, 1.82) is 0 Å². The highest BCUT2D eigenvalue weighted by Gasteiger charge is 2.03. The highest BCUT2D eigenvalue weighted by Crippen LogP contribution is 2.09. The zero-order valence-corrected chi connectivity index (χ0v) is 8.20. The number of rotatable bonds is 4. The van der Waals surface area contributed by atoms with Gasteiger partial charge in [0.05, 0.1) is 6.61 Å². The van der Waals surface area contributed by atoms with Crippen molar-refractivity contribution in [2.24, 2.45) is 0 Å². The van der Waals surface area contributed by atoms with E-state index in [0.717, 1.165) is 18.1 Å². The Kier molecular flexibility index (Phi) is 3.71. The van der Waals surface area contributed by atoms with Crippen LogP contribution in [0.25, 0.3) is 0 Å². The van der Waals surface area contributed by atoms with Crippen LogP contribution in [0.3, 0.4) is 0 Å². The van der Waals surface area contributed by atoms with E-state index in [9.17, 15) is 0 Å². The number of aliphatic hydroxyl groups is 1. The standard InChI is InChI=1S/C10H16N2O/c1-3-12(7-8-13)10-6-4-5-9(2)11-10/h4-6,13H,3,7-8H2,1-2H3. The minimum atomic E-state index is 0.170. The Bertz CT molecular complexity index is 263. The first-order valence-electron chi connectivity index (χ1n) is 4.57. The van der Waals surface area contributed by atoms with Crippen molar-refractivity contribution in [3.05, 3.63) is 23.9 Å². The molecule has 0 fully saturated rings. The summed E-state index contributed by atoms with van der Waals surface area (Å²) >= 11 is 0. The first-order valence-corrected chi connectivity index (χ1v) is 4.57. The number of aromatic nitrogens is 1. The van der Waals surface area contributed by atoms with Crippen LogP contribution in [0, 0.1) is 6.92 Å². The van der Waals surface area contributed by atoms with Gasteiger partial charge in [-0.3, -0.25) is 0 Å². The number of hydrogen-bond acceptors (Lipinski definition) is 3. The van der Waals surface area contributed by atoms with Gasteiger partial charge in [0.15, 0.2) is 0 Å². The Morgan fingerprint density at radius 1 is 1.46 bits per heavy atom. The SMILES string of the molecule is CCN(CCO)c1cccc(C)n1. The fraction of sp³-hybridized carbons (Fsp3) is 0.500. The molecule has 1 heterocycles. The van der Waals surface area contributed by atoms with E-state index in [2.05, 4.69) is 11.9 Å². The summed E-state index contributed by atoms with van der Waals surface area (Å²) in [6.07, 6.45) is 0. The van der Waals surface area contributed by atoms with Gasteiger partial charge >= 0.3 is 0 Å². The molecule has 1 aromatic rings. The molecule has 3 heteroatoms. The molecule has 0 saturated carbocycles. The van der Waals surface area contributed by atoms with Crippen molar-refractivity contribution in [3.63, 3.8) is 0 Å². The van der Waals surface area contributed by atoms with Gasteiger partial charge in [-0.25, -0.2) is 4.98 Å². The second-order valence-electron chi connectivity index (χ2n) is 2.94. The van der Waals surface area contributed by atoms with Crippen molar-refractivity contribution in [1.82, 2.24) is 4.98 Å². The van der Waals surface area contributed by atoms with E-state index in [1.165, 1.54) is 0 Å². The largest absolute Gasteiger partial charge is 0.395 e. The maximum absolute atomic E-state index is 8.83. The lowest BCUT2D eigenvalue weighted by Crippen LogP contribution is -2.27. The Labute approximate surface area is 79.0 Å². The maximum atomic E-state index is 8.83. The third-order valence-electron chi connectivity index (χ3n) is 1.95. The zero-order chi connectivity index (χ0) is 9.68. The van der Waals surface area contributed by atoms with Gasteiger partial charge in [-0.2, -0.15) is 0 Å². The van der Waals surface area contributed by atoms with Crippen LogP contribution in [-0.4, -0.2) is 29.8 Å². The molecule has 0 saturated heterocycles. The summed E-state index contributed by atoms with van der Waals surface area (Å²) in [7, 11) is 0. The molecule has 1 aromatic heterocycles. The van der Waals surface area contributed by atoms with E-state index >= 15 is 0 Å². The van der Waals surface area contributed by atoms with E-state index < -0.39 is 0 Å². The van der Waals surface area contributed by atoms with Crippen LogP contribution in [0.4, 0.5) is 5.82 Å². The summed E-state index contributed by atoms with van der Waals surface area (Å²) in [5.41, 5.74) is 1.01. The van der Waals surface area contributed by atoms with Crippen LogP contribution in [0.1, 0.15) is 12.6 Å². The summed E-state index contributed by atoms with van der Waals surface area (Å²) in [5.74, 6) is 0.941. The maximum Gasteiger partial charge on any atom is 0.128 e. The fourth-order valence-electron chi connectivity index (χ4n) is 1.26. The monoisotopic (exact) mass is 180 g/mol. The van der Waals surface area contributed by atoms with Crippen molar-refractivity contribution in [3.8, 4) is 0 Å².